The van der Waals surface area contributed by atoms with Crippen molar-refractivity contribution < 1.29 is 0 Å². The van der Waals surface area contributed by atoms with Gasteiger partial charge in [-0.2, -0.15) is 0 Å². The van der Waals surface area contributed by atoms with Crippen LogP contribution in [0.1, 0.15) is 29.0 Å². The van der Waals surface area contributed by atoms with Gasteiger partial charge in [-0.15, -0.1) is 0 Å². The number of fused-ring (bicyclic) bond motifs is 3. The lowest BCUT2D eigenvalue weighted by molar-refractivity contribution is 0.776. The second kappa shape index (κ2) is 20.9. The summed E-state index contributed by atoms with van der Waals surface area (Å²) in [5.74, 6) is 0.209. The minimum absolute atomic E-state index is 0.209. The van der Waals surface area contributed by atoms with E-state index >= 15 is 0 Å². The zero-order valence-corrected chi connectivity index (χ0v) is 43.8. The normalized spacial score (nSPS) is 13.2. The molecule has 13 aromatic carbocycles. The summed E-state index contributed by atoms with van der Waals surface area (Å²) in [6, 6.07) is 112. The van der Waals surface area contributed by atoms with Crippen LogP contribution in [-0.4, -0.2) is 5.71 Å². The van der Waals surface area contributed by atoms with Crippen LogP contribution in [0.5, 0.6) is 0 Å². The molecule has 1 aliphatic rings. The Bertz CT molecular complexity index is 4240. The van der Waals surface area contributed by atoms with Crippen LogP contribution in [0, 0.1) is 0 Å². The molecule has 1 atom stereocenters. The molecule has 1 heterocycles. The lowest BCUT2D eigenvalue weighted by Crippen LogP contribution is -2.13. The third-order valence-corrected chi connectivity index (χ3v) is 16.1. The Balaban J connectivity index is 0.951. The fraction of sp³-hybridized carbons (Fsp3) is 0.0385. The van der Waals surface area contributed by atoms with Crippen molar-refractivity contribution in [1.82, 2.24) is 0 Å². The summed E-state index contributed by atoms with van der Waals surface area (Å²) >= 11 is 0. The van der Waals surface area contributed by atoms with Crippen LogP contribution in [0.3, 0.4) is 0 Å². The lowest BCUT2D eigenvalue weighted by Gasteiger charge is -2.21. The van der Waals surface area contributed by atoms with Gasteiger partial charge in [-0.3, -0.25) is 4.99 Å². The van der Waals surface area contributed by atoms with Crippen molar-refractivity contribution in [2.75, 3.05) is 0 Å². The first kappa shape index (κ1) is 47.5. The van der Waals surface area contributed by atoms with E-state index in [0.717, 1.165) is 40.9 Å². The van der Waals surface area contributed by atoms with E-state index in [9.17, 15) is 0 Å². The molecule has 0 spiro atoms. The molecule has 79 heavy (non-hydrogen) atoms. The van der Waals surface area contributed by atoms with Gasteiger partial charge < -0.3 is 0 Å². The molecular weight excluding hydrogens is 951 g/mol. The lowest BCUT2D eigenvalue weighted by atomic mass is 9.82. The van der Waals surface area contributed by atoms with Crippen LogP contribution in [-0.2, 0) is 6.42 Å². The van der Waals surface area contributed by atoms with Crippen LogP contribution in [0.25, 0.3) is 111 Å². The smallest absolute Gasteiger partial charge is 0.0671 e. The van der Waals surface area contributed by atoms with Gasteiger partial charge in [-0.1, -0.05) is 255 Å². The summed E-state index contributed by atoms with van der Waals surface area (Å²) in [5, 5.41) is 4.84. The molecule has 0 radical (unpaired) electrons. The maximum absolute atomic E-state index is 5.53. The highest BCUT2D eigenvalue weighted by atomic mass is 14.8. The summed E-state index contributed by atoms with van der Waals surface area (Å²) in [5.41, 5.74) is 24.9. The van der Waals surface area contributed by atoms with Crippen LogP contribution < -0.4 is 0 Å². The van der Waals surface area contributed by atoms with Crippen LogP contribution in [0.4, 0.5) is 5.69 Å². The molecular formula is C78H55N. The maximum Gasteiger partial charge on any atom is 0.0671 e. The first-order valence-electron chi connectivity index (χ1n) is 27.6. The van der Waals surface area contributed by atoms with Crippen molar-refractivity contribution in [3.8, 4) is 89.0 Å². The van der Waals surface area contributed by atoms with Gasteiger partial charge in [0.15, 0.2) is 0 Å². The highest BCUT2D eigenvalue weighted by molar-refractivity contribution is 6.22. The van der Waals surface area contributed by atoms with Crippen molar-refractivity contribution in [3.05, 3.63) is 320 Å². The molecule has 0 fully saturated rings. The predicted octanol–water partition coefficient (Wildman–Crippen LogP) is 21.2. The number of nitrogens with zero attached hydrogens (tertiary/aromatic N) is 1. The fourth-order valence-corrected chi connectivity index (χ4v) is 12.2. The quantitative estimate of drug-likeness (QED) is 0.121. The molecule has 1 aliphatic heterocycles. The second-order valence-corrected chi connectivity index (χ2v) is 20.9. The van der Waals surface area contributed by atoms with Crippen LogP contribution in [0.15, 0.2) is 308 Å². The topological polar surface area (TPSA) is 12.4 Å². The molecule has 13 aromatic rings. The predicted molar refractivity (Wildman–Crippen MR) is 335 cm³/mol. The Morgan fingerprint density at radius 2 is 0.582 bits per heavy atom. The monoisotopic (exact) mass is 1010 g/mol. The number of benzene rings is 13. The Labute approximate surface area is 463 Å². The molecule has 0 saturated heterocycles. The van der Waals surface area contributed by atoms with E-state index in [-0.39, 0.29) is 5.92 Å². The summed E-state index contributed by atoms with van der Waals surface area (Å²) in [6.07, 6.45) is 1.97. The van der Waals surface area contributed by atoms with Crippen molar-refractivity contribution >= 4 is 32.9 Å². The van der Waals surface area contributed by atoms with E-state index in [1.165, 1.54) is 111 Å². The average Bonchev–Trinajstić information content (AvgIpc) is 3.78. The maximum atomic E-state index is 5.53. The summed E-state index contributed by atoms with van der Waals surface area (Å²) < 4.78 is 0. The van der Waals surface area contributed by atoms with Gasteiger partial charge in [0.2, 0.25) is 0 Å². The van der Waals surface area contributed by atoms with Gasteiger partial charge in [0.1, 0.15) is 0 Å². The van der Waals surface area contributed by atoms with Crippen molar-refractivity contribution in [2.45, 2.75) is 18.8 Å². The molecule has 1 heteroatoms. The van der Waals surface area contributed by atoms with Crippen molar-refractivity contribution in [2.24, 2.45) is 4.99 Å². The van der Waals surface area contributed by atoms with Crippen LogP contribution in [0.2, 0.25) is 0 Å². The Morgan fingerprint density at radius 1 is 0.241 bits per heavy atom. The van der Waals surface area contributed by atoms with Gasteiger partial charge in [-0.05, 0) is 189 Å². The SMILES string of the molecule is c1ccc(C2=Nc3cc(-c4ccc(-c5ccc6c(-c7cc(-c8ccccc8)cc(-c8ccccc8)c7)c7ccccc7c(-c7cc(-c8ccccc8)cc(-c8ccccc8)c7)c6c5)cc4)ccc3CC[C@H]2c2ccccc2)cc1. The summed E-state index contributed by atoms with van der Waals surface area (Å²) in [4.78, 5) is 5.53. The molecule has 1 nitrogen and oxygen atoms in total. The molecule has 0 saturated carbocycles. The van der Waals surface area contributed by atoms with E-state index in [4.69, 9.17) is 4.99 Å². The highest BCUT2D eigenvalue weighted by Crippen LogP contribution is 2.48. The summed E-state index contributed by atoms with van der Waals surface area (Å²) in [6.45, 7) is 0. The highest BCUT2D eigenvalue weighted by Gasteiger charge is 2.25. The number of hydrogen-bond acceptors (Lipinski definition) is 1. The third-order valence-electron chi connectivity index (χ3n) is 16.1. The number of hydrogen-bond donors (Lipinski definition) is 0. The minimum atomic E-state index is 0.209. The molecule has 14 rings (SSSR count). The fourth-order valence-electron chi connectivity index (χ4n) is 12.2. The van der Waals surface area contributed by atoms with Gasteiger partial charge in [0.05, 0.1) is 11.4 Å². The Morgan fingerprint density at radius 3 is 1.05 bits per heavy atom. The van der Waals surface area contributed by atoms with Crippen molar-refractivity contribution in [1.29, 1.82) is 0 Å². The molecule has 0 amide bonds. The van der Waals surface area contributed by atoms with E-state index in [1.807, 2.05) is 0 Å². The third kappa shape index (κ3) is 9.36. The molecule has 0 aromatic heterocycles. The van der Waals surface area contributed by atoms with Crippen LogP contribution >= 0.6 is 0 Å². The van der Waals surface area contributed by atoms with E-state index < -0.39 is 0 Å². The number of aliphatic imine (C=N–C) groups is 1. The molecule has 0 bridgehead atoms. The number of aryl methyl sites for hydroxylation is 1. The zero-order chi connectivity index (χ0) is 52.5. The Hall–Kier alpha value is -9.95. The first-order valence-corrected chi connectivity index (χ1v) is 27.6. The minimum Gasteiger partial charge on any atom is -0.252 e. The van der Waals surface area contributed by atoms with Gasteiger partial charge in [0.25, 0.3) is 0 Å². The first-order chi connectivity index (χ1) is 39.1. The van der Waals surface area contributed by atoms with E-state index in [0.29, 0.717) is 0 Å². The van der Waals surface area contributed by atoms with E-state index in [1.54, 1.807) is 0 Å². The largest absolute Gasteiger partial charge is 0.252 e. The second-order valence-electron chi connectivity index (χ2n) is 20.9. The molecule has 0 aliphatic carbocycles. The molecule has 372 valence electrons. The molecule has 0 N–H and O–H groups in total. The van der Waals surface area contributed by atoms with E-state index in [2.05, 4.69) is 303 Å². The number of rotatable bonds is 10. The average molecular weight is 1010 g/mol. The molecule has 0 unspecified atom stereocenters. The van der Waals surface area contributed by atoms with Gasteiger partial charge in [0, 0.05) is 5.92 Å². The summed E-state index contributed by atoms with van der Waals surface area (Å²) in [7, 11) is 0. The van der Waals surface area contributed by atoms with Crippen molar-refractivity contribution in [3.63, 3.8) is 0 Å². The van der Waals surface area contributed by atoms with Gasteiger partial charge in [-0.25, -0.2) is 0 Å². The zero-order valence-electron chi connectivity index (χ0n) is 43.8. The Kier molecular flexibility index (Phi) is 12.6. The standard InChI is InChI=1S/C78H55N/c1-7-21-53(22-8-1)64-45-65(54-23-9-2-10-24-54)48-68(47-64)76-71-33-19-20-34-72(71)77(69-49-66(55-25-11-3-12-26-55)46-67(50-69)56-27-13-4-14-28-56)74-51-62(42-44-73(74)76)57-35-37-58(38-36-57)63-40-39-60-41-43-70(59-29-15-5-16-30-59)78(79-75(60)52-63)61-31-17-6-18-32-61/h1-40,42,44-52,70H,41,43H2/t70-/m0/s1. The van der Waals surface area contributed by atoms with Gasteiger partial charge >= 0.3 is 0 Å².